The number of hydrogen-bond acceptors (Lipinski definition) is 4. The van der Waals surface area contributed by atoms with Gasteiger partial charge in [0.1, 0.15) is 5.75 Å². The van der Waals surface area contributed by atoms with Gasteiger partial charge in [-0.25, -0.2) is 0 Å². The molecule has 5 nitrogen and oxygen atoms in total. The fourth-order valence-corrected chi connectivity index (χ4v) is 4.14. The second kappa shape index (κ2) is 9.93. The van der Waals surface area contributed by atoms with Crippen molar-refractivity contribution in [3.8, 4) is 5.75 Å². The lowest BCUT2D eigenvalue weighted by Crippen LogP contribution is -2.48. The lowest BCUT2D eigenvalue weighted by atomic mass is 10.1. The van der Waals surface area contributed by atoms with E-state index < -0.39 is 6.61 Å². The van der Waals surface area contributed by atoms with Crippen molar-refractivity contribution < 1.29 is 13.5 Å². The Balaban J connectivity index is 1.52. The number of aliphatic imine (C=N–C) groups is 1. The lowest BCUT2D eigenvalue weighted by Gasteiger charge is -2.33. The first-order valence-electron chi connectivity index (χ1n) is 9.04. The Morgan fingerprint density at radius 1 is 1.36 bits per heavy atom. The van der Waals surface area contributed by atoms with Gasteiger partial charge in [-0.3, -0.25) is 4.99 Å². The maximum atomic E-state index is 12.6. The molecule has 0 radical (unpaired) electrons. The summed E-state index contributed by atoms with van der Waals surface area (Å²) in [6, 6.07) is 9.10. The number of anilines is 1. The van der Waals surface area contributed by atoms with E-state index in [0.717, 1.165) is 25.9 Å². The van der Waals surface area contributed by atoms with Crippen LogP contribution < -0.4 is 20.3 Å². The number of ether oxygens (including phenoxy) is 1. The van der Waals surface area contributed by atoms with E-state index in [4.69, 9.17) is 11.6 Å². The van der Waals surface area contributed by atoms with Crippen LogP contribution in [-0.2, 0) is 6.54 Å². The number of piperidine rings is 1. The van der Waals surface area contributed by atoms with Crippen LogP contribution in [0.3, 0.4) is 0 Å². The van der Waals surface area contributed by atoms with Gasteiger partial charge in [0.15, 0.2) is 5.96 Å². The molecule has 152 valence electrons. The van der Waals surface area contributed by atoms with Crippen LogP contribution in [0.15, 0.2) is 40.7 Å². The monoisotopic (exact) mass is 428 g/mol. The number of nitrogens with zero attached hydrogens (tertiary/aromatic N) is 2. The molecule has 1 aromatic carbocycles. The summed E-state index contributed by atoms with van der Waals surface area (Å²) in [5, 5.41) is 10.4. The summed E-state index contributed by atoms with van der Waals surface area (Å²) in [7, 11) is 1.69. The average molecular weight is 429 g/mol. The molecule has 2 heterocycles. The zero-order valence-electron chi connectivity index (χ0n) is 15.5. The molecule has 0 unspecified atom stereocenters. The molecule has 9 heteroatoms. The van der Waals surface area contributed by atoms with Crippen LogP contribution in [0.1, 0.15) is 18.4 Å². The Kier molecular flexibility index (Phi) is 7.33. The second-order valence-electron chi connectivity index (χ2n) is 6.41. The minimum atomic E-state index is -2.88. The molecule has 1 aliphatic rings. The quantitative estimate of drug-likeness (QED) is 0.531. The zero-order valence-corrected chi connectivity index (χ0v) is 17.1. The number of alkyl halides is 2. The molecule has 0 aliphatic carbocycles. The number of rotatable bonds is 6. The topological polar surface area (TPSA) is 48.9 Å². The Bertz CT molecular complexity index is 780. The standard InChI is InChI=1S/C19H23ClF2N4OS/c1-23-19(24-12-13-11-14(20)4-5-16(13)27-18(21)22)25-15-6-8-26(9-7-15)17-3-2-10-28-17/h2-5,10-11,15,18H,6-9,12H2,1H3,(H2,23,24,25). The molecule has 1 saturated heterocycles. The van der Waals surface area contributed by atoms with Crippen molar-refractivity contribution in [3.05, 3.63) is 46.3 Å². The van der Waals surface area contributed by atoms with Crippen LogP contribution in [0.2, 0.25) is 5.02 Å². The number of halogens is 3. The maximum Gasteiger partial charge on any atom is 0.387 e. The van der Waals surface area contributed by atoms with Crippen molar-refractivity contribution >= 4 is 33.9 Å². The lowest BCUT2D eigenvalue weighted by molar-refractivity contribution is -0.0504. The first-order valence-corrected chi connectivity index (χ1v) is 10.3. The molecule has 0 atom stereocenters. The number of benzene rings is 1. The molecule has 0 saturated carbocycles. The third kappa shape index (κ3) is 5.72. The van der Waals surface area contributed by atoms with Gasteiger partial charge < -0.3 is 20.3 Å². The van der Waals surface area contributed by atoms with Crippen molar-refractivity contribution in [3.63, 3.8) is 0 Å². The number of nitrogens with one attached hydrogen (secondary N) is 2. The van der Waals surface area contributed by atoms with Gasteiger partial charge in [0.05, 0.1) is 5.00 Å². The highest BCUT2D eigenvalue weighted by Gasteiger charge is 2.21. The van der Waals surface area contributed by atoms with Crippen LogP contribution >= 0.6 is 22.9 Å². The molecule has 0 amide bonds. The highest BCUT2D eigenvalue weighted by Crippen LogP contribution is 2.26. The van der Waals surface area contributed by atoms with Crippen LogP contribution in [0.25, 0.3) is 0 Å². The van der Waals surface area contributed by atoms with Crippen molar-refractivity contribution in [1.82, 2.24) is 10.6 Å². The molecule has 1 aromatic heterocycles. The van der Waals surface area contributed by atoms with E-state index in [1.165, 1.54) is 17.1 Å². The summed E-state index contributed by atoms with van der Waals surface area (Å²) in [4.78, 5) is 6.63. The SMILES string of the molecule is CN=C(NCc1cc(Cl)ccc1OC(F)F)NC1CCN(c2cccs2)CC1. The van der Waals surface area contributed by atoms with Crippen molar-refractivity contribution in [2.24, 2.45) is 4.99 Å². The minimum absolute atomic E-state index is 0.103. The van der Waals surface area contributed by atoms with Gasteiger partial charge in [0, 0.05) is 43.3 Å². The molecule has 1 fully saturated rings. The van der Waals surface area contributed by atoms with E-state index in [-0.39, 0.29) is 12.3 Å². The predicted octanol–water partition coefficient (Wildman–Crippen LogP) is 4.34. The van der Waals surface area contributed by atoms with Crippen molar-refractivity contribution in [1.29, 1.82) is 0 Å². The average Bonchev–Trinajstić information content (AvgIpc) is 3.22. The van der Waals surface area contributed by atoms with Crippen LogP contribution in [0.4, 0.5) is 13.8 Å². The van der Waals surface area contributed by atoms with Crippen molar-refractivity contribution in [2.45, 2.75) is 32.0 Å². The molecule has 1 aliphatic heterocycles. The summed E-state index contributed by atoms with van der Waals surface area (Å²) >= 11 is 7.75. The molecule has 3 rings (SSSR count). The van der Waals surface area contributed by atoms with Gasteiger partial charge in [-0.1, -0.05) is 11.6 Å². The van der Waals surface area contributed by atoms with Gasteiger partial charge >= 0.3 is 6.61 Å². The third-order valence-electron chi connectivity index (χ3n) is 4.56. The Morgan fingerprint density at radius 3 is 2.79 bits per heavy atom. The largest absolute Gasteiger partial charge is 0.434 e. The second-order valence-corrected chi connectivity index (χ2v) is 7.78. The molecular weight excluding hydrogens is 406 g/mol. The summed E-state index contributed by atoms with van der Waals surface area (Å²) in [6.45, 7) is -0.645. The highest BCUT2D eigenvalue weighted by molar-refractivity contribution is 7.14. The van der Waals surface area contributed by atoms with E-state index in [0.29, 0.717) is 22.6 Å². The van der Waals surface area contributed by atoms with Gasteiger partial charge in [-0.05, 0) is 48.6 Å². The third-order valence-corrected chi connectivity index (χ3v) is 5.73. The Labute approximate surface area is 172 Å². The number of thiophene rings is 1. The number of guanidine groups is 1. The normalized spacial score (nSPS) is 15.8. The van der Waals surface area contributed by atoms with E-state index in [1.54, 1.807) is 24.5 Å². The maximum absolute atomic E-state index is 12.6. The Hall–Kier alpha value is -2.06. The van der Waals surface area contributed by atoms with E-state index >= 15 is 0 Å². The number of hydrogen-bond donors (Lipinski definition) is 2. The molecular formula is C19H23ClF2N4OS. The fourth-order valence-electron chi connectivity index (χ4n) is 3.16. The first kappa shape index (κ1) is 20.7. The minimum Gasteiger partial charge on any atom is -0.434 e. The van der Waals surface area contributed by atoms with Gasteiger partial charge in [0.2, 0.25) is 0 Å². The van der Waals surface area contributed by atoms with Crippen LogP contribution in [-0.4, -0.2) is 38.8 Å². The van der Waals surface area contributed by atoms with Crippen molar-refractivity contribution in [2.75, 3.05) is 25.0 Å². The fraction of sp³-hybridized carbons (Fsp3) is 0.421. The zero-order chi connectivity index (χ0) is 19.9. The summed E-state index contributed by atoms with van der Waals surface area (Å²) in [5.41, 5.74) is 0.545. The van der Waals surface area contributed by atoms with Crippen LogP contribution in [0.5, 0.6) is 5.75 Å². The smallest absolute Gasteiger partial charge is 0.387 e. The van der Waals surface area contributed by atoms with Gasteiger partial charge in [-0.15, -0.1) is 11.3 Å². The molecule has 2 N–H and O–H groups in total. The van der Waals surface area contributed by atoms with E-state index in [1.807, 2.05) is 0 Å². The molecule has 28 heavy (non-hydrogen) atoms. The molecule has 0 spiro atoms. The van der Waals surface area contributed by atoms with Crippen LogP contribution in [0, 0.1) is 0 Å². The summed E-state index contributed by atoms with van der Waals surface area (Å²) in [5.74, 6) is 0.726. The first-order chi connectivity index (χ1) is 13.5. The Morgan fingerprint density at radius 2 is 2.14 bits per heavy atom. The van der Waals surface area contributed by atoms with E-state index in [2.05, 4.69) is 42.8 Å². The van der Waals surface area contributed by atoms with Gasteiger partial charge in [0.25, 0.3) is 0 Å². The highest BCUT2D eigenvalue weighted by atomic mass is 35.5. The molecule has 0 bridgehead atoms. The predicted molar refractivity (Wildman–Crippen MR) is 111 cm³/mol. The molecule has 2 aromatic rings. The van der Waals surface area contributed by atoms with Gasteiger partial charge in [-0.2, -0.15) is 8.78 Å². The summed E-state index contributed by atoms with van der Waals surface area (Å²) < 4.78 is 29.8. The van der Waals surface area contributed by atoms with E-state index in [9.17, 15) is 8.78 Å². The summed E-state index contributed by atoms with van der Waals surface area (Å²) in [6.07, 6.45) is 1.99.